The van der Waals surface area contributed by atoms with Crippen LogP contribution in [0.15, 0.2) is 24.0 Å². The molecule has 0 amide bonds. The summed E-state index contributed by atoms with van der Waals surface area (Å²) in [4.78, 5) is 0. The minimum absolute atomic E-state index is 0.280. The van der Waals surface area contributed by atoms with Gasteiger partial charge in [-0.15, -0.1) is 0 Å². The molecule has 0 spiro atoms. The van der Waals surface area contributed by atoms with E-state index < -0.39 is 55.1 Å². The molecule has 6 N–H and O–H groups in total. The molecule has 9 nitrogen and oxygen atoms in total. The second-order valence-electron chi connectivity index (χ2n) is 6.25. The third-order valence-electron chi connectivity index (χ3n) is 4.77. The summed E-state index contributed by atoms with van der Waals surface area (Å²) >= 11 is 0. The number of fused-ring (bicyclic) bond motifs is 1. The number of ether oxygens (including phenoxy) is 3. The molecular weight excluding hydrogens is 324 g/mol. The average molecular weight is 346 g/mol. The van der Waals surface area contributed by atoms with E-state index in [1.807, 2.05) is 0 Å². The molecule has 0 saturated carbocycles. The van der Waals surface area contributed by atoms with Gasteiger partial charge in [0.25, 0.3) is 0 Å². The first-order chi connectivity index (χ1) is 11.4. The van der Waals surface area contributed by atoms with Gasteiger partial charge < -0.3 is 44.8 Å². The van der Waals surface area contributed by atoms with Crippen molar-refractivity contribution >= 4 is 0 Å². The van der Waals surface area contributed by atoms with Gasteiger partial charge in [0.05, 0.1) is 25.4 Å². The molecule has 3 aliphatic rings. The van der Waals surface area contributed by atoms with E-state index in [2.05, 4.69) is 0 Å². The molecule has 0 aromatic carbocycles. The van der Waals surface area contributed by atoms with E-state index in [9.17, 15) is 30.6 Å². The minimum Gasteiger partial charge on any atom is -0.472 e. The lowest BCUT2D eigenvalue weighted by Crippen LogP contribution is -2.60. The molecule has 8 atom stereocenters. The summed E-state index contributed by atoms with van der Waals surface area (Å²) in [5, 5.41) is 58.9. The van der Waals surface area contributed by atoms with Crippen LogP contribution in [0.2, 0.25) is 0 Å². The Hall–Kier alpha value is -1.04. The van der Waals surface area contributed by atoms with Gasteiger partial charge in [-0.2, -0.15) is 0 Å². The van der Waals surface area contributed by atoms with Gasteiger partial charge in [-0.3, -0.25) is 0 Å². The fourth-order valence-electron chi connectivity index (χ4n) is 3.35. The van der Waals surface area contributed by atoms with Crippen molar-refractivity contribution in [2.45, 2.75) is 49.0 Å². The van der Waals surface area contributed by atoms with E-state index in [1.165, 1.54) is 12.3 Å². The molecule has 0 radical (unpaired) electrons. The van der Waals surface area contributed by atoms with Crippen molar-refractivity contribution in [3.8, 4) is 0 Å². The van der Waals surface area contributed by atoms with Crippen molar-refractivity contribution < 1.29 is 44.8 Å². The van der Waals surface area contributed by atoms with Crippen molar-refractivity contribution in [3.63, 3.8) is 0 Å². The molecule has 0 unspecified atom stereocenters. The highest BCUT2D eigenvalue weighted by Gasteiger charge is 2.52. The highest BCUT2D eigenvalue weighted by molar-refractivity contribution is 5.29. The second-order valence-corrected chi connectivity index (χ2v) is 6.25. The van der Waals surface area contributed by atoms with Gasteiger partial charge in [-0.05, 0) is 18.1 Å². The van der Waals surface area contributed by atoms with Crippen molar-refractivity contribution in [1.29, 1.82) is 0 Å². The van der Waals surface area contributed by atoms with Crippen LogP contribution in [0.4, 0.5) is 0 Å². The standard InChI is InChI=1S/C15H22O9/c16-5-7-1-2-15(21)3-4-22-13(9(7)15)24-14-12(20)11(19)10(18)8(6-17)23-14/h1,3-4,8-14,16-21H,2,5-6H2/t8-,9-,10-,11+,12-,13-,14+,15-/m0/s1. The quantitative estimate of drug-likeness (QED) is 0.300. The largest absolute Gasteiger partial charge is 0.472 e. The Morgan fingerprint density at radius 1 is 1.12 bits per heavy atom. The van der Waals surface area contributed by atoms with Crippen LogP contribution in [0.5, 0.6) is 0 Å². The fourth-order valence-corrected chi connectivity index (χ4v) is 3.35. The normalized spacial score (nSPS) is 47.9. The Labute approximate surface area is 138 Å². The molecule has 1 fully saturated rings. The Bertz CT molecular complexity index is 519. The van der Waals surface area contributed by atoms with Crippen molar-refractivity contribution in [2.24, 2.45) is 5.92 Å². The van der Waals surface area contributed by atoms with E-state index in [0.717, 1.165) is 0 Å². The predicted molar refractivity (Wildman–Crippen MR) is 77.1 cm³/mol. The molecule has 2 heterocycles. The topological polar surface area (TPSA) is 149 Å². The first kappa shape index (κ1) is 17.8. The Balaban J connectivity index is 1.77. The van der Waals surface area contributed by atoms with E-state index in [1.54, 1.807) is 6.08 Å². The van der Waals surface area contributed by atoms with Crippen LogP contribution in [-0.2, 0) is 14.2 Å². The summed E-state index contributed by atoms with van der Waals surface area (Å²) in [5.74, 6) is -0.708. The van der Waals surface area contributed by atoms with Gasteiger partial charge in [-0.1, -0.05) is 6.08 Å². The highest BCUT2D eigenvalue weighted by atomic mass is 16.8. The van der Waals surface area contributed by atoms with Gasteiger partial charge in [0.15, 0.2) is 6.29 Å². The molecule has 2 aliphatic heterocycles. The summed E-state index contributed by atoms with van der Waals surface area (Å²) in [6.07, 6.45) is -3.53. The van der Waals surface area contributed by atoms with E-state index >= 15 is 0 Å². The van der Waals surface area contributed by atoms with Gasteiger partial charge in [-0.25, -0.2) is 0 Å². The second kappa shape index (κ2) is 6.70. The van der Waals surface area contributed by atoms with Crippen molar-refractivity contribution in [2.75, 3.05) is 13.2 Å². The first-order valence-electron chi connectivity index (χ1n) is 7.72. The molecular formula is C15H22O9. The van der Waals surface area contributed by atoms with Crippen LogP contribution in [0.25, 0.3) is 0 Å². The van der Waals surface area contributed by atoms with E-state index in [4.69, 9.17) is 14.2 Å². The smallest absolute Gasteiger partial charge is 0.211 e. The van der Waals surface area contributed by atoms with Gasteiger partial charge >= 0.3 is 0 Å². The van der Waals surface area contributed by atoms with E-state index in [0.29, 0.717) is 5.57 Å². The molecule has 0 aromatic heterocycles. The number of hydrogen-bond donors (Lipinski definition) is 6. The summed E-state index contributed by atoms with van der Waals surface area (Å²) in [5.41, 5.74) is -0.758. The van der Waals surface area contributed by atoms with Gasteiger partial charge in [0.1, 0.15) is 30.0 Å². The van der Waals surface area contributed by atoms with Crippen LogP contribution < -0.4 is 0 Å². The zero-order valence-electron chi connectivity index (χ0n) is 12.8. The maximum atomic E-state index is 10.6. The highest BCUT2D eigenvalue weighted by Crippen LogP contribution is 2.43. The van der Waals surface area contributed by atoms with Crippen LogP contribution in [0, 0.1) is 5.92 Å². The predicted octanol–water partition coefficient (Wildman–Crippen LogP) is -2.66. The maximum absolute atomic E-state index is 10.6. The number of hydrogen-bond acceptors (Lipinski definition) is 9. The van der Waals surface area contributed by atoms with Crippen LogP contribution in [-0.4, -0.2) is 86.4 Å². The molecule has 0 bridgehead atoms. The average Bonchev–Trinajstić information content (AvgIpc) is 2.92. The lowest BCUT2D eigenvalue weighted by atomic mass is 9.84. The van der Waals surface area contributed by atoms with Gasteiger partial charge in [0.2, 0.25) is 6.29 Å². The van der Waals surface area contributed by atoms with Crippen LogP contribution in [0.1, 0.15) is 6.42 Å². The lowest BCUT2D eigenvalue weighted by Gasteiger charge is -2.43. The fraction of sp³-hybridized carbons (Fsp3) is 0.733. The minimum atomic E-state index is -1.58. The molecule has 3 rings (SSSR count). The van der Waals surface area contributed by atoms with Crippen LogP contribution >= 0.6 is 0 Å². The van der Waals surface area contributed by atoms with Gasteiger partial charge in [0, 0.05) is 0 Å². The molecule has 24 heavy (non-hydrogen) atoms. The Morgan fingerprint density at radius 2 is 1.88 bits per heavy atom. The molecule has 0 aromatic rings. The maximum Gasteiger partial charge on any atom is 0.211 e. The molecule has 1 saturated heterocycles. The number of aliphatic hydroxyl groups is 6. The third kappa shape index (κ3) is 2.87. The van der Waals surface area contributed by atoms with Crippen molar-refractivity contribution in [3.05, 3.63) is 24.0 Å². The molecule has 1 aliphatic carbocycles. The number of rotatable bonds is 4. The molecule has 136 valence electrons. The van der Waals surface area contributed by atoms with E-state index in [-0.39, 0.29) is 13.0 Å². The zero-order chi connectivity index (χ0) is 17.5. The zero-order valence-corrected chi connectivity index (χ0v) is 12.8. The first-order valence-corrected chi connectivity index (χ1v) is 7.72. The summed E-state index contributed by atoms with van der Waals surface area (Å²) in [6, 6.07) is 0. The number of aliphatic hydroxyl groups excluding tert-OH is 5. The summed E-state index contributed by atoms with van der Waals surface area (Å²) in [7, 11) is 0. The monoisotopic (exact) mass is 346 g/mol. The third-order valence-corrected chi connectivity index (χ3v) is 4.77. The summed E-state index contributed by atoms with van der Waals surface area (Å²) < 4.78 is 16.2. The Morgan fingerprint density at radius 3 is 2.54 bits per heavy atom. The summed E-state index contributed by atoms with van der Waals surface area (Å²) in [6.45, 7) is -0.871. The van der Waals surface area contributed by atoms with Crippen LogP contribution in [0.3, 0.4) is 0 Å². The SMILES string of the molecule is OCC1=CC[C@]2(O)C=CO[C@@H](O[C@H]3O[C@@H](CO)[C@H](O)[C@@H](O)[C@@H]3O)[C@H]12. The van der Waals surface area contributed by atoms with Crippen molar-refractivity contribution in [1.82, 2.24) is 0 Å². The Kier molecular flexibility index (Phi) is 4.96. The lowest BCUT2D eigenvalue weighted by molar-refractivity contribution is -0.343. The molecule has 9 heteroatoms.